The highest BCUT2D eigenvalue weighted by Gasteiger charge is 2.19. The minimum Gasteiger partial charge on any atom is -0.384 e. The lowest BCUT2D eigenvalue weighted by Crippen LogP contribution is -2.43. The van der Waals surface area contributed by atoms with Crippen LogP contribution in [0.2, 0.25) is 5.02 Å². The largest absolute Gasteiger partial charge is 0.384 e. The second kappa shape index (κ2) is 7.13. The summed E-state index contributed by atoms with van der Waals surface area (Å²) in [6, 6.07) is 8.67. The lowest BCUT2D eigenvalue weighted by molar-refractivity contribution is 0.148. The van der Waals surface area contributed by atoms with Crippen molar-refractivity contribution in [1.29, 1.82) is 0 Å². The Morgan fingerprint density at radius 1 is 1.32 bits per heavy atom. The van der Waals surface area contributed by atoms with Crippen LogP contribution in [0, 0.1) is 0 Å². The van der Waals surface area contributed by atoms with E-state index in [-0.39, 0.29) is 0 Å². The fourth-order valence-corrected chi connectivity index (χ4v) is 2.81. The number of halogens is 1. The fraction of sp³-hybridized carbons (Fsp3) is 0.600. The zero-order valence-electron chi connectivity index (χ0n) is 11.9. The molecule has 0 unspecified atom stereocenters. The lowest BCUT2D eigenvalue weighted by atomic mass is 10.0. The van der Waals surface area contributed by atoms with E-state index >= 15 is 0 Å². The highest BCUT2D eigenvalue weighted by Crippen LogP contribution is 2.16. The van der Waals surface area contributed by atoms with Crippen molar-refractivity contribution in [2.75, 3.05) is 45.6 Å². The Kier molecular flexibility index (Phi) is 5.49. The van der Waals surface area contributed by atoms with Gasteiger partial charge in [0.25, 0.3) is 0 Å². The Labute approximate surface area is 121 Å². The van der Waals surface area contributed by atoms with Gasteiger partial charge in [-0.1, -0.05) is 17.7 Å². The molecule has 0 saturated carbocycles. The van der Waals surface area contributed by atoms with Crippen LogP contribution in [0.25, 0.3) is 0 Å². The predicted molar refractivity (Wildman–Crippen MR) is 83.1 cm³/mol. The smallest absolute Gasteiger partial charge is 0.0426 e. The summed E-state index contributed by atoms with van der Waals surface area (Å²) in [5, 5.41) is 4.22. The summed E-state index contributed by atoms with van der Waals surface area (Å²) in [5.74, 6) is 0. The van der Waals surface area contributed by atoms with Crippen LogP contribution in [0.1, 0.15) is 12.8 Å². The van der Waals surface area contributed by atoms with Crippen molar-refractivity contribution in [3.05, 3.63) is 29.3 Å². The van der Waals surface area contributed by atoms with Crippen molar-refractivity contribution in [3.8, 4) is 0 Å². The first-order valence-electron chi connectivity index (χ1n) is 7.03. The number of piperidine rings is 1. The quantitative estimate of drug-likeness (QED) is 0.895. The van der Waals surface area contributed by atoms with E-state index in [1.54, 1.807) is 0 Å². The molecular weight excluding hydrogens is 258 g/mol. The summed E-state index contributed by atoms with van der Waals surface area (Å²) in [4.78, 5) is 4.89. The molecule has 1 fully saturated rings. The second-order valence-corrected chi connectivity index (χ2v) is 5.91. The van der Waals surface area contributed by atoms with E-state index in [2.05, 4.69) is 35.3 Å². The van der Waals surface area contributed by atoms with E-state index in [1.165, 1.54) is 25.9 Å². The molecule has 0 atom stereocenters. The molecule has 1 aliphatic heterocycles. The maximum absolute atomic E-state index is 5.96. The molecule has 1 heterocycles. The number of likely N-dealkylation sites (tertiary alicyclic amines) is 1. The standard InChI is InChI=1S/C15H24ClN3/c1-18(2)15-6-9-19(10-7-15)11-8-17-14-5-3-4-13(16)12-14/h3-5,12,15,17H,6-11H2,1-2H3. The Balaban J connectivity index is 1.67. The Bertz CT molecular complexity index is 387. The second-order valence-electron chi connectivity index (χ2n) is 5.47. The summed E-state index contributed by atoms with van der Waals surface area (Å²) in [6.07, 6.45) is 2.56. The highest BCUT2D eigenvalue weighted by atomic mass is 35.5. The summed E-state index contributed by atoms with van der Waals surface area (Å²) >= 11 is 5.96. The molecule has 1 aromatic carbocycles. The number of rotatable bonds is 5. The lowest BCUT2D eigenvalue weighted by Gasteiger charge is -2.35. The first-order valence-corrected chi connectivity index (χ1v) is 7.41. The average molecular weight is 282 g/mol. The molecule has 1 aromatic rings. The summed E-state index contributed by atoms with van der Waals surface area (Å²) in [7, 11) is 4.36. The van der Waals surface area contributed by atoms with E-state index in [4.69, 9.17) is 11.6 Å². The molecule has 1 aliphatic rings. The molecule has 0 aliphatic carbocycles. The topological polar surface area (TPSA) is 18.5 Å². The molecule has 4 heteroatoms. The molecule has 1 N–H and O–H groups in total. The van der Waals surface area contributed by atoms with Crippen LogP contribution in [-0.4, -0.2) is 56.1 Å². The zero-order valence-corrected chi connectivity index (χ0v) is 12.7. The van der Waals surface area contributed by atoms with E-state index in [1.807, 2.05) is 18.2 Å². The molecule has 2 rings (SSSR count). The molecule has 0 bridgehead atoms. The van der Waals surface area contributed by atoms with Gasteiger partial charge in [-0.05, 0) is 58.2 Å². The van der Waals surface area contributed by atoms with Gasteiger partial charge in [-0.15, -0.1) is 0 Å². The monoisotopic (exact) mass is 281 g/mol. The fourth-order valence-electron chi connectivity index (χ4n) is 2.62. The number of hydrogen-bond donors (Lipinski definition) is 1. The van der Waals surface area contributed by atoms with Gasteiger partial charge in [-0.3, -0.25) is 0 Å². The van der Waals surface area contributed by atoms with Crippen molar-refractivity contribution in [1.82, 2.24) is 9.80 Å². The molecule has 1 saturated heterocycles. The third-order valence-electron chi connectivity index (χ3n) is 3.87. The Morgan fingerprint density at radius 2 is 2.05 bits per heavy atom. The van der Waals surface area contributed by atoms with Crippen LogP contribution in [0.15, 0.2) is 24.3 Å². The number of nitrogens with one attached hydrogen (secondary N) is 1. The minimum absolute atomic E-state index is 0.761. The van der Waals surface area contributed by atoms with Crippen molar-refractivity contribution in [2.45, 2.75) is 18.9 Å². The van der Waals surface area contributed by atoms with E-state index in [0.717, 1.165) is 29.8 Å². The van der Waals surface area contributed by atoms with Crippen molar-refractivity contribution < 1.29 is 0 Å². The summed E-state index contributed by atoms with van der Waals surface area (Å²) in [5.41, 5.74) is 1.11. The number of benzene rings is 1. The van der Waals surface area contributed by atoms with Crippen LogP contribution in [-0.2, 0) is 0 Å². The van der Waals surface area contributed by atoms with E-state index in [9.17, 15) is 0 Å². The summed E-state index contributed by atoms with van der Waals surface area (Å²) < 4.78 is 0. The summed E-state index contributed by atoms with van der Waals surface area (Å²) in [6.45, 7) is 4.50. The van der Waals surface area contributed by atoms with Gasteiger partial charge >= 0.3 is 0 Å². The van der Waals surface area contributed by atoms with Gasteiger partial charge in [0, 0.05) is 29.8 Å². The average Bonchev–Trinajstić information content (AvgIpc) is 2.39. The van der Waals surface area contributed by atoms with Crippen molar-refractivity contribution in [3.63, 3.8) is 0 Å². The molecule has 0 aromatic heterocycles. The number of hydrogen-bond acceptors (Lipinski definition) is 3. The molecule has 0 radical (unpaired) electrons. The minimum atomic E-state index is 0.761. The Hall–Kier alpha value is -0.770. The highest BCUT2D eigenvalue weighted by molar-refractivity contribution is 6.30. The first kappa shape index (κ1) is 14.6. The van der Waals surface area contributed by atoms with Crippen molar-refractivity contribution >= 4 is 17.3 Å². The predicted octanol–water partition coefficient (Wildman–Crippen LogP) is 2.78. The van der Waals surface area contributed by atoms with E-state index < -0.39 is 0 Å². The maximum Gasteiger partial charge on any atom is 0.0426 e. The normalized spacial score (nSPS) is 17.9. The van der Waals surface area contributed by atoms with Crippen LogP contribution in [0.5, 0.6) is 0 Å². The van der Waals surface area contributed by atoms with Gasteiger partial charge in [-0.2, -0.15) is 0 Å². The first-order chi connectivity index (χ1) is 9.15. The van der Waals surface area contributed by atoms with Gasteiger partial charge in [-0.25, -0.2) is 0 Å². The molecule has 19 heavy (non-hydrogen) atoms. The van der Waals surface area contributed by atoms with Crippen molar-refractivity contribution in [2.24, 2.45) is 0 Å². The number of nitrogens with zero attached hydrogens (tertiary/aromatic N) is 2. The molecule has 0 amide bonds. The molecule has 3 nitrogen and oxygen atoms in total. The van der Waals surface area contributed by atoms with Crippen LogP contribution >= 0.6 is 11.6 Å². The third kappa shape index (κ3) is 4.68. The maximum atomic E-state index is 5.96. The molecule has 106 valence electrons. The Morgan fingerprint density at radius 3 is 2.68 bits per heavy atom. The van der Waals surface area contributed by atoms with Crippen LogP contribution in [0.4, 0.5) is 5.69 Å². The molecular formula is C15H24ClN3. The van der Waals surface area contributed by atoms with E-state index in [0.29, 0.717) is 0 Å². The third-order valence-corrected chi connectivity index (χ3v) is 4.10. The SMILES string of the molecule is CN(C)C1CCN(CCNc2cccc(Cl)c2)CC1. The van der Waals surface area contributed by atoms with Crippen LogP contribution < -0.4 is 5.32 Å². The van der Waals surface area contributed by atoms with Gasteiger partial charge in [0.1, 0.15) is 0 Å². The van der Waals surface area contributed by atoms with Gasteiger partial charge in [0.2, 0.25) is 0 Å². The van der Waals surface area contributed by atoms with Gasteiger partial charge in [0.05, 0.1) is 0 Å². The van der Waals surface area contributed by atoms with Gasteiger partial charge in [0.15, 0.2) is 0 Å². The number of anilines is 1. The zero-order chi connectivity index (χ0) is 13.7. The molecule has 0 spiro atoms. The van der Waals surface area contributed by atoms with Crippen LogP contribution in [0.3, 0.4) is 0 Å². The van der Waals surface area contributed by atoms with Gasteiger partial charge < -0.3 is 15.1 Å².